The maximum absolute atomic E-state index is 6.22. The van der Waals surface area contributed by atoms with E-state index in [-0.39, 0.29) is 0 Å². The lowest BCUT2D eigenvalue weighted by atomic mass is 10.0. The minimum atomic E-state index is 0.533. The van der Waals surface area contributed by atoms with E-state index in [4.69, 9.17) is 11.6 Å². The Morgan fingerprint density at radius 1 is 1.00 bits per heavy atom. The van der Waals surface area contributed by atoms with Crippen LogP contribution in [0.15, 0.2) is 49.0 Å². The molecule has 2 nitrogen and oxygen atoms in total. The SMILES string of the molecule is C=C(c1ccccc1)c1cc(Cl)nc(N2CCCCC2)c1. The zero-order chi connectivity index (χ0) is 14.7. The highest BCUT2D eigenvalue weighted by molar-refractivity contribution is 6.29. The van der Waals surface area contributed by atoms with Crippen molar-refractivity contribution < 1.29 is 0 Å². The van der Waals surface area contributed by atoms with Crippen molar-refractivity contribution in [3.8, 4) is 0 Å². The molecule has 0 radical (unpaired) electrons. The summed E-state index contributed by atoms with van der Waals surface area (Å²) in [5.74, 6) is 0.967. The summed E-state index contributed by atoms with van der Waals surface area (Å²) in [5.41, 5.74) is 3.14. The van der Waals surface area contributed by atoms with E-state index < -0.39 is 0 Å². The van der Waals surface area contributed by atoms with Crippen LogP contribution in [0.2, 0.25) is 5.15 Å². The van der Waals surface area contributed by atoms with Crippen molar-refractivity contribution in [1.29, 1.82) is 0 Å². The van der Waals surface area contributed by atoms with Crippen LogP contribution in [0.25, 0.3) is 5.57 Å². The first kappa shape index (κ1) is 14.2. The molecule has 1 saturated heterocycles. The number of aromatic nitrogens is 1. The Kier molecular flexibility index (Phi) is 4.26. The first-order valence-corrected chi connectivity index (χ1v) is 7.79. The molecule has 0 aliphatic carbocycles. The molecule has 21 heavy (non-hydrogen) atoms. The maximum Gasteiger partial charge on any atom is 0.132 e. The van der Waals surface area contributed by atoms with E-state index in [1.807, 2.05) is 24.3 Å². The van der Waals surface area contributed by atoms with E-state index in [1.54, 1.807) is 0 Å². The minimum Gasteiger partial charge on any atom is -0.357 e. The number of hydrogen-bond acceptors (Lipinski definition) is 2. The summed E-state index contributed by atoms with van der Waals surface area (Å²) in [6, 6.07) is 14.2. The third kappa shape index (κ3) is 3.27. The zero-order valence-corrected chi connectivity index (χ0v) is 12.8. The standard InChI is InChI=1S/C18H19ClN2/c1-14(15-8-4-2-5-9-15)16-12-17(19)20-18(13-16)21-10-6-3-7-11-21/h2,4-5,8-9,12-13H,1,3,6-7,10-11H2. The average molecular weight is 299 g/mol. The number of halogens is 1. The molecule has 1 aliphatic heterocycles. The molecule has 0 atom stereocenters. The summed E-state index contributed by atoms with van der Waals surface area (Å²) in [7, 11) is 0. The molecule has 1 aromatic heterocycles. The van der Waals surface area contributed by atoms with E-state index in [0.29, 0.717) is 5.15 Å². The molecule has 1 fully saturated rings. The van der Waals surface area contributed by atoms with Gasteiger partial charge in [-0.15, -0.1) is 0 Å². The lowest BCUT2D eigenvalue weighted by Crippen LogP contribution is -2.30. The van der Waals surface area contributed by atoms with Crippen molar-refractivity contribution in [2.45, 2.75) is 19.3 Å². The summed E-state index contributed by atoms with van der Waals surface area (Å²) < 4.78 is 0. The first-order valence-electron chi connectivity index (χ1n) is 7.41. The van der Waals surface area contributed by atoms with Crippen molar-refractivity contribution in [2.24, 2.45) is 0 Å². The molecular formula is C18H19ClN2. The van der Waals surface area contributed by atoms with E-state index in [0.717, 1.165) is 35.6 Å². The topological polar surface area (TPSA) is 16.1 Å². The Labute approximate surface area is 131 Å². The Hall–Kier alpha value is -1.80. The van der Waals surface area contributed by atoms with Gasteiger partial charge in [-0.25, -0.2) is 4.98 Å². The quantitative estimate of drug-likeness (QED) is 0.758. The number of pyridine rings is 1. The summed E-state index contributed by atoms with van der Waals surface area (Å²) in [4.78, 5) is 6.80. The highest BCUT2D eigenvalue weighted by Gasteiger charge is 2.14. The molecule has 2 heterocycles. The Balaban J connectivity index is 1.92. The van der Waals surface area contributed by atoms with Crippen LogP contribution in [0.5, 0.6) is 0 Å². The van der Waals surface area contributed by atoms with Crippen molar-refractivity contribution in [1.82, 2.24) is 4.98 Å². The van der Waals surface area contributed by atoms with Gasteiger partial charge in [-0.3, -0.25) is 0 Å². The molecular weight excluding hydrogens is 280 g/mol. The second-order valence-corrected chi connectivity index (χ2v) is 5.82. The van der Waals surface area contributed by atoms with Gasteiger partial charge >= 0.3 is 0 Å². The van der Waals surface area contributed by atoms with E-state index >= 15 is 0 Å². The van der Waals surface area contributed by atoms with Crippen molar-refractivity contribution in [3.05, 3.63) is 65.3 Å². The molecule has 0 spiro atoms. The van der Waals surface area contributed by atoms with Crippen LogP contribution in [-0.2, 0) is 0 Å². The number of anilines is 1. The molecule has 0 saturated carbocycles. The molecule has 3 heteroatoms. The number of rotatable bonds is 3. The summed E-state index contributed by atoms with van der Waals surface area (Å²) in [5, 5.41) is 0.533. The van der Waals surface area contributed by atoms with Gasteiger partial charge in [0.1, 0.15) is 11.0 Å². The summed E-state index contributed by atoms with van der Waals surface area (Å²) in [6.45, 7) is 6.34. The van der Waals surface area contributed by atoms with Gasteiger partial charge < -0.3 is 4.90 Å². The smallest absolute Gasteiger partial charge is 0.132 e. The largest absolute Gasteiger partial charge is 0.357 e. The van der Waals surface area contributed by atoms with Gasteiger partial charge in [0.25, 0.3) is 0 Å². The van der Waals surface area contributed by atoms with Gasteiger partial charge in [0.15, 0.2) is 0 Å². The van der Waals surface area contributed by atoms with Crippen molar-refractivity contribution in [2.75, 3.05) is 18.0 Å². The van der Waals surface area contributed by atoms with Crippen LogP contribution in [0.3, 0.4) is 0 Å². The second-order valence-electron chi connectivity index (χ2n) is 5.43. The number of nitrogens with zero attached hydrogens (tertiary/aromatic N) is 2. The molecule has 3 rings (SSSR count). The van der Waals surface area contributed by atoms with Crippen LogP contribution < -0.4 is 4.90 Å². The fraction of sp³-hybridized carbons (Fsp3) is 0.278. The van der Waals surface area contributed by atoms with Gasteiger partial charge in [-0.1, -0.05) is 48.5 Å². The molecule has 1 aromatic carbocycles. The summed E-state index contributed by atoms with van der Waals surface area (Å²) in [6.07, 6.45) is 3.76. The predicted molar refractivity (Wildman–Crippen MR) is 89.9 cm³/mol. The van der Waals surface area contributed by atoms with Gasteiger partial charge in [-0.05, 0) is 48.1 Å². The Morgan fingerprint density at radius 2 is 1.71 bits per heavy atom. The Bertz CT molecular complexity index is 631. The van der Waals surface area contributed by atoms with Crippen molar-refractivity contribution >= 4 is 23.0 Å². The van der Waals surface area contributed by atoms with Gasteiger partial charge in [0.05, 0.1) is 0 Å². The van der Waals surface area contributed by atoms with Crippen molar-refractivity contribution in [3.63, 3.8) is 0 Å². The number of benzene rings is 1. The second kappa shape index (κ2) is 6.31. The average Bonchev–Trinajstić information content (AvgIpc) is 2.55. The highest BCUT2D eigenvalue weighted by Crippen LogP contribution is 2.28. The third-order valence-corrected chi connectivity index (χ3v) is 4.12. The molecule has 2 aromatic rings. The van der Waals surface area contributed by atoms with Crippen LogP contribution in [0.1, 0.15) is 30.4 Å². The fourth-order valence-corrected chi connectivity index (χ4v) is 2.95. The maximum atomic E-state index is 6.22. The lowest BCUT2D eigenvalue weighted by molar-refractivity contribution is 0.573. The molecule has 0 unspecified atom stereocenters. The molecule has 0 N–H and O–H groups in total. The van der Waals surface area contributed by atoms with Crippen LogP contribution >= 0.6 is 11.6 Å². The first-order chi connectivity index (χ1) is 10.2. The van der Waals surface area contributed by atoms with Gasteiger partial charge in [-0.2, -0.15) is 0 Å². The van der Waals surface area contributed by atoms with Crippen LogP contribution in [0, 0.1) is 0 Å². The molecule has 1 aliphatic rings. The number of hydrogen-bond donors (Lipinski definition) is 0. The predicted octanol–water partition coefficient (Wildman–Crippen LogP) is 4.79. The van der Waals surface area contributed by atoms with Crippen LogP contribution in [0.4, 0.5) is 5.82 Å². The summed E-state index contributed by atoms with van der Waals surface area (Å²) >= 11 is 6.22. The highest BCUT2D eigenvalue weighted by atomic mass is 35.5. The fourth-order valence-electron chi connectivity index (χ4n) is 2.75. The minimum absolute atomic E-state index is 0.533. The van der Waals surface area contributed by atoms with Gasteiger partial charge in [0.2, 0.25) is 0 Å². The van der Waals surface area contributed by atoms with E-state index in [9.17, 15) is 0 Å². The van der Waals surface area contributed by atoms with Gasteiger partial charge in [0, 0.05) is 13.1 Å². The zero-order valence-electron chi connectivity index (χ0n) is 12.1. The molecule has 108 valence electrons. The third-order valence-electron chi connectivity index (χ3n) is 3.93. The van der Waals surface area contributed by atoms with E-state index in [2.05, 4.69) is 34.7 Å². The molecule has 0 bridgehead atoms. The lowest BCUT2D eigenvalue weighted by Gasteiger charge is -2.28. The normalized spacial score (nSPS) is 15.0. The Morgan fingerprint density at radius 3 is 2.43 bits per heavy atom. The monoisotopic (exact) mass is 298 g/mol. The molecule has 0 amide bonds. The number of piperidine rings is 1. The van der Waals surface area contributed by atoms with Crippen LogP contribution in [-0.4, -0.2) is 18.1 Å². The van der Waals surface area contributed by atoms with E-state index in [1.165, 1.54) is 19.3 Å².